The smallest absolute Gasteiger partial charge is 0.160 e. The van der Waals surface area contributed by atoms with Gasteiger partial charge in [0.05, 0.1) is 9.88 Å². The average Bonchev–Trinajstić information content (AvgIpc) is 2.86. The zero-order valence-corrected chi connectivity index (χ0v) is 9.93. The highest BCUT2D eigenvalue weighted by Gasteiger charge is 2.17. The molecule has 0 aromatic carbocycles. The van der Waals surface area contributed by atoms with Gasteiger partial charge < -0.3 is 4.90 Å². The summed E-state index contributed by atoms with van der Waals surface area (Å²) in [6, 6.07) is 3.95. The topological polar surface area (TPSA) is 20.3 Å². The van der Waals surface area contributed by atoms with Crippen LogP contribution < -0.4 is 4.90 Å². The van der Waals surface area contributed by atoms with Gasteiger partial charge in [-0.25, -0.2) is 0 Å². The average molecular weight is 223 g/mol. The SMILES string of the molecule is CN(CC1CCCC1)c1ccc(C=O)s1. The molecule has 0 bridgehead atoms. The van der Waals surface area contributed by atoms with Gasteiger partial charge in [0.15, 0.2) is 6.29 Å². The van der Waals surface area contributed by atoms with Crippen molar-refractivity contribution in [3.05, 3.63) is 17.0 Å². The molecule has 0 aliphatic heterocycles. The molecule has 1 aliphatic carbocycles. The molecular weight excluding hydrogens is 206 g/mol. The zero-order chi connectivity index (χ0) is 10.7. The number of aldehydes is 1. The summed E-state index contributed by atoms with van der Waals surface area (Å²) < 4.78 is 0. The quantitative estimate of drug-likeness (QED) is 0.731. The van der Waals surface area contributed by atoms with Crippen molar-refractivity contribution in [2.24, 2.45) is 5.92 Å². The Hall–Kier alpha value is -0.830. The highest BCUT2D eigenvalue weighted by atomic mass is 32.1. The number of thiophene rings is 1. The molecule has 2 nitrogen and oxygen atoms in total. The van der Waals surface area contributed by atoms with Crippen molar-refractivity contribution in [3.63, 3.8) is 0 Å². The molecule has 1 fully saturated rings. The van der Waals surface area contributed by atoms with Crippen LogP contribution in [0.1, 0.15) is 35.4 Å². The van der Waals surface area contributed by atoms with Crippen LogP contribution in [0, 0.1) is 5.92 Å². The number of carbonyl (C=O) groups excluding carboxylic acids is 1. The maximum Gasteiger partial charge on any atom is 0.160 e. The number of anilines is 1. The number of carbonyl (C=O) groups is 1. The van der Waals surface area contributed by atoms with E-state index in [1.54, 1.807) is 11.3 Å². The fraction of sp³-hybridized carbons (Fsp3) is 0.583. The molecule has 2 rings (SSSR count). The van der Waals surface area contributed by atoms with Crippen LogP contribution in [0.4, 0.5) is 5.00 Å². The summed E-state index contributed by atoms with van der Waals surface area (Å²) in [5.74, 6) is 0.858. The van der Waals surface area contributed by atoms with E-state index in [4.69, 9.17) is 0 Å². The Morgan fingerprint density at radius 1 is 1.47 bits per heavy atom. The van der Waals surface area contributed by atoms with Gasteiger partial charge in [-0.05, 0) is 30.9 Å². The van der Waals surface area contributed by atoms with Crippen molar-refractivity contribution >= 4 is 22.6 Å². The van der Waals surface area contributed by atoms with E-state index in [1.165, 1.54) is 30.7 Å². The first-order valence-electron chi connectivity index (χ1n) is 5.56. The highest BCUT2D eigenvalue weighted by molar-refractivity contribution is 7.17. The highest BCUT2D eigenvalue weighted by Crippen LogP contribution is 2.29. The first-order chi connectivity index (χ1) is 7.29. The molecule has 1 aromatic heterocycles. The third kappa shape index (κ3) is 2.59. The van der Waals surface area contributed by atoms with Gasteiger partial charge in [0.25, 0.3) is 0 Å². The summed E-state index contributed by atoms with van der Waals surface area (Å²) in [4.78, 5) is 13.7. The Morgan fingerprint density at radius 3 is 2.80 bits per heavy atom. The van der Waals surface area contributed by atoms with Crippen molar-refractivity contribution < 1.29 is 4.79 Å². The van der Waals surface area contributed by atoms with Crippen molar-refractivity contribution in [1.82, 2.24) is 0 Å². The lowest BCUT2D eigenvalue weighted by atomic mass is 10.1. The lowest BCUT2D eigenvalue weighted by Gasteiger charge is -2.21. The minimum absolute atomic E-state index is 0.822. The van der Waals surface area contributed by atoms with Crippen molar-refractivity contribution in [3.8, 4) is 0 Å². The van der Waals surface area contributed by atoms with Crippen LogP contribution in [0.25, 0.3) is 0 Å². The van der Waals surface area contributed by atoms with Gasteiger partial charge in [-0.1, -0.05) is 12.8 Å². The monoisotopic (exact) mass is 223 g/mol. The molecule has 0 N–H and O–H groups in total. The molecule has 0 spiro atoms. The molecular formula is C12H17NOS. The van der Waals surface area contributed by atoms with Crippen LogP contribution in [-0.2, 0) is 0 Å². The molecule has 15 heavy (non-hydrogen) atoms. The van der Waals surface area contributed by atoms with Crippen LogP contribution in [0.15, 0.2) is 12.1 Å². The van der Waals surface area contributed by atoms with Gasteiger partial charge in [0.2, 0.25) is 0 Å². The molecule has 0 atom stereocenters. The van der Waals surface area contributed by atoms with E-state index in [2.05, 4.69) is 11.9 Å². The first kappa shape index (κ1) is 10.7. The fourth-order valence-corrected chi connectivity index (χ4v) is 3.07. The van der Waals surface area contributed by atoms with Gasteiger partial charge >= 0.3 is 0 Å². The van der Waals surface area contributed by atoms with E-state index in [1.807, 2.05) is 12.1 Å². The normalized spacial score (nSPS) is 16.9. The molecule has 1 aliphatic rings. The molecule has 1 aromatic rings. The summed E-state index contributed by atoms with van der Waals surface area (Å²) in [6.45, 7) is 1.14. The predicted octanol–water partition coefficient (Wildman–Crippen LogP) is 3.19. The Morgan fingerprint density at radius 2 is 2.20 bits per heavy atom. The standard InChI is InChI=1S/C12H17NOS/c1-13(8-10-4-2-3-5-10)12-7-6-11(9-14)15-12/h6-7,9-10H,2-5,8H2,1H3. The maximum atomic E-state index is 10.6. The molecule has 3 heteroatoms. The van der Waals surface area contributed by atoms with Gasteiger partial charge in [-0.2, -0.15) is 0 Å². The van der Waals surface area contributed by atoms with Crippen molar-refractivity contribution in [2.45, 2.75) is 25.7 Å². The number of hydrogen-bond donors (Lipinski definition) is 0. The molecule has 0 radical (unpaired) electrons. The molecule has 0 saturated heterocycles. The Bertz CT molecular complexity index is 328. The van der Waals surface area contributed by atoms with E-state index in [-0.39, 0.29) is 0 Å². The number of rotatable bonds is 4. The Labute approximate surface area is 94.9 Å². The van der Waals surface area contributed by atoms with E-state index in [0.29, 0.717) is 0 Å². The second-order valence-electron chi connectivity index (χ2n) is 4.32. The van der Waals surface area contributed by atoms with Crippen molar-refractivity contribution in [2.75, 3.05) is 18.5 Å². The van der Waals surface area contributed by atoms with Crippen LogP contribution in [0.3, 0.4) is 0 Å². The van der Waals surface area contributed by atoms with Crippen LogP contribution >= 0.6 is 11.3 Å². The minimum Gasteiger partial charge on any atom is -0.366 e. The molecule has 1 heterocycles. The lowest BCUT2D eigenvalue weighted by molar-refractivity contribution is 0.112. The molecule has 0 unspecified atom stereocenters. The summed E-state index contributed by atoms with van der Waals surface area (Å²) in [5.41, 5.74) is 0. The first-order valence-corrected chi connectivity index (χ1v) is 6.37. The molecule has 82 valence electrons. The third-order valence-electron chi connectivity index (χ3n) is 3.11. The van der Waals surface area contributed by atoms with Crippen LogP contribution in [-0.4, -0.2) is 19.9 Å². The van der Waals surface area contributed by atoms with Crippen LogP contribution in [0.2, 0.25) is 0 Å². The summed E-state index contributed by atoms with van der Waals surface area (Å²) in [6.07, 6.45) is 6.45. The molecule has 0 amide bonds. The number of hydrogen-bond acceptors (Lipinski definition) is 3. The van der Waals surface area contributed by atoms with E-state index < -0.39 is 0 Å². The van der Waals surface area contributed by atoms with Crippen molar-refractivity contribution in [1.29, 1.82) is 0 Å². The summed E-state index contributed by atoms with van der Waals surface area (Å²) >= 11 is 1.58. The summed E-state index contributed by atoms with van der Waals surface area (Å²) in [5, 5.41) is 1.21. The second kappa shape index (κ2) is 4.79. The van der Waals surface area contributed by atoms with Gasteiger partial charge in [-0.3, -0.25) is 4.79 Å². The second-order valence-corrected chi connectivity index (χ2v) is 5.42. The minimum atomic E-state index is 0.822. The lowest BCUT2D eigenvalue weighted by Crippen LogP contribution is -2.22. The molecule has 1 saturated carbocycles. The van der Waals surface area contributed by atoms with Gasteiger partial charge in [-0.15, -0.1) is 11.3 Å². The summed E-state index contributed by atoms with van der Waals surface area (Å²) in [7, 11) is 2.12. The Balaban J connectivity index is 1.94. The van der Waals surface area contributed by atoms with Crippen LogP contribution in [0.5, 0.6) is 0 Å². The fourth-order valence-electron chi connectivity index (χ4n) is 2.28. The maximum absolute atomic E-state index is 10.6. The van der Waals surface area contributed by atoms with Gasteiger partial charge in [0.1, 0.15) is 0 Å². The van der Waals surface area contributed by atoms with E-state index >= 15 is 0 Å². The van der Waals surface area contributed by atoms with Gasteiger partial charge in [0, 0.05) is 13.6 Å². The number of nitrogens with zero attached hydrogens (tertiary/aromatic N) is 1. The predicted molar refractivity (Wildman–Crippen MR) is 64.9 cm³/mol. The van der Waals surface area contributed by atoms with E-state index in [0.717, 1.165) is 23.6 Å². The largest absolute Gasteiger partial charge is 0.366 e. The Kier molecular flexibility index (Phi) is 3.41. The van der Waals surface area contributed by atoms with E-state index in [9.17, 15) is 4.79 Å². The zero-order valence-electron chi connectivity index (χ0n) is 9.11. The third-order valence-corrected chi connectivity index (χ3v) is 4.24.